The first kappa shape index (κ1) is 12.8. The van der Waals surface area contributed by atoms with Crippen LogP contribution in [0.5, 0.6) is 5.75 Å². The predicted molar refractivity (Wildman–Crippen MR) is 77.4 cm³/mol. The fourth-order valence-corrected chi connectivity index (χ4v) is 1.76. The van der Waals surface area contributed by atoms with E-state index in [1.807, 2.05) is 6.07 Å². The van der Waals surface area contributed by atoms with Crippen LogP contribution in [0.1, 0.15) is 5.56 Å². The highest BCUT2D eigenvalue weighted by molar-refractivity contribution is 14.1. The quantitative estimate of drug-likeness (QED) is 0.833. The number of aromatic hydroxyl groups is 1. The second kappa shape index (κ2) is 5.81. The van der Waals surface area contributed by atoms with Crippen molar-refractivity contribution in [2.75, 3.05) is 5.32 Å². The van der Waals surface area contributed by atoms with Gasteiger partial charge in [0.25, 0.3) is 0 Å². The fraction of sp³-hybridized carbons (Fsp3) is 0.0769. The number of hydrogen-bond acceptors (Lipinski definition) is 3. The summed E-state index contributed by atoms with van der Waals surface area (Å²) in [5.41, 5.74) is 0.843. The first-order valence-electron chi connectivity index (χ1n) is 5.33. The van der Waals surface area contributed by atoms with Crippen molar-refractivity contribution < 1.29 is 9.90 Å². The average Bonchev–Trinajstić information content (AvgIpc) is 2.35. The topological polar surface area (TPSA) is 62.2 Å². The smallest absolute Gasteiger partial charge is 0.229 e. The summed E-state index contributed by atoms with van der Waals surface area (Å²) in [5, 5.41) is 11.9. The fourth-order valence-electron chi connectivity index (χ4n) is 1.44. The van der Waals surface area contributed by atoms with E-state index in [1.165, 1.54) is 0 Å². The van der Waals surface area contributed by atoms with E-state index in [1.54, 1.807) is 36.5 Å². The highest BCUT2D eigenvalue weighted by Crippen LogP contribution is 2.11. The van der Waals surface area contributed by atoms with E-state index in [0.717, 1.165) is 9.13 Å². The molecule has 1 amide bonds. The third-order valence-corrected chi connectivity index (χ3v) is 2.93. The van der Waals surface area contributed by atoms with Crippen LogP contribution < -0.4 is 5.32 Å². The molecular formula is C13H11IN2O2. The largest absolute Gasteiger partial charge is 0.508 e. The van der Waals surface area contributed by atoms with Gasteiger partial charge in [0.05, 0.1) is 6.42 Å². The van der Waals surface area contributed by atoms with Crippen molar-refractivity contribution >= 4 is 34.3 Å². The first-order chi connectivity index (χ1) is 8.63. The van der Waals surface area contributed by atoms with Gasteiger partial charge in [0.2, 0.25) is 5.91 Å². The van der Waals surface area contributed by atoms with E-state index in [-0.39, 0.29) is 18.1 Å². The molecule has 0 unspecified atom stereocenters. The van der Waals surface area contributed by atoms with Crippen molar-refractivity contribution in [2.45, 2.75) is 6.42 Å². The van der Waals surface area contributed by atoms with Gasteiger partial charge >= 0.3 is 0 Å². The van der Waals surface area contributed by atoms with E-state index in [9.17, 15) is 4.79 Å². The standard InChI is InChI=1S/C13H11IN2O2/c14-10-3-6-12(15-8-10)16-13(18)7-9-1-4-11(17)5-2-9/h1-6,8,17H,7H2,(H,15,16,18). The zero-order chi connectivity index (χ0) is 13.0. The number of rotatable bonds is 3. The van der Waals surface area contributed by atoms with Crippen molar-refractivity contribution in [1.29, 1.82) is 0 Å². The Labute approximate surface area is 118 Å². The van der Waals surface area contributed by atoms with Gasteiger partial charge in [-0.3, -0.25) is 4.79 Å². The van der Waals surface area contributed by atoms with E-state index in [0.29, 0.717) is 5.82 Å². The Hall–Kier alpha value is -1.63. The minimum atomic E-state index is -0.130. The molecule has 1 heterocycles. The molecule has 2 rings (SSSR count). The molecule has 0 saturated heterocycles. The normalized spacial score (nSPS) is 10.1. The van der Waals surface area contributed by atoms with Crippen LogP contribution in [-0.2, 0) is 11.2 Å². The highest BCUT2D eigenvalue weighted by atomic mass is 127. The number of benzene rings is 1. The molecule has 0 radical (unpaired) electrons. The lowest BCUT2D eigenvalue weighted by molar-refractivity contribution is -0.115. The molecule has 0 aliphatic carbocycles. The van der Waals surface area contributed by atoms with Gasteiger partial charge in [-0.15, -0.1) is 0 Å². The maximum absolute atomic E-state index is 11.7. The van der Waals surface area contributed by atoms with E-state index in [2.05, 4.69) is 32.9 Å². The molecule has 5 heteroatoms. The van der Waals surface area contributed by atoms with Crippen molar-refractivity contribution in [3.63, 3.8) is 0 Å². The van der Waals surface area contributed by atoms with Crippen LogP contribution in [0.4, 0.5) is 5.82 Å². The maximum atomic E-state index is 11.7. The average molecular weight is 354 g/mol. The number of phenols is 1. The summed E-state index contributed by atoms with van der Waals surface area (Å²) in [6.45, 7) is 0. The number of nitrogens with one attached hydrogen (secondary N) is 1. The number of carbonyl (C=O) groups is 1. The molecule has 2 aromatic rings. The molecule has 18 heavy (non-hydrogen) atoms. The summed E-state index contributed by atoms with van der Waals surface area (Å²) in [4.78, 5) is 15.8. The van der Waals surface area contributed by atoms with Gasteiger partial charge in [-0.1, -0.05) is 12.1 Å². The monoisotopic (exact) mass is 354 g/mol. The van der Waals surface area contributed by atoms with Gasteiger partial charge in [0.1, 0.15) is 11.6 Å². The van der Waals surface area contributed by atoms with Crippen molar-refractivity contribution in [2.24, 2.45) is 0 Å². The van der Waals surface area contributed by atoms with Crippen LogP contribution in [0.25, 0.3) is 0 Å². The Morgan fingerprint density at radius 2 is 1.94 bits per heavy atom. The van der Waals surface area contributed by atoms with E-state index < -0.39 is 0 Å². The van der Waals surface area contributed by atoms with Gasteiger partial charge in [-0.25, -0.2) is 4.98 Å². The zero-order valence-corrected chi connectivity index (χ0v) is 11.6. The third kappa shape index (κ3) is 3.69. The van der Waals surface area contributed by atoms with Crippen LogP contribution in [0.2, 0.25) is 0 Å². The molecule has 0 aliphatic heterocycles. The van der Waals surface area contributed by atoms with Crippen molar-refractivity contribution in [1.82, 2.24) is 4.98 Å². The molecule has 92 valence electrons. The van der Waals surface area contributed by atoms with Gasteiger partial charge in [-0.2, -0.15) is 0 Å². The zero-order valence-electron chi connectivity index (χ0n) is 9.43. The molecule has 0 fully saturated rings. The molecule has 0 saturated carbocycles. The number of hydrogen-bond donors (Lipinski definition) is 2. The van der Waals surface area contributed by atoms with Crippen LogP contribution in [0, 0.1) is 3.57 Å². The van der Waals surface area contributed by atoms with Gasteiger partial charge in [0, 0.05) is 9.77 Å². The summed E-state index contributed by atoms with van der Waals surface area (Å²) in [6, 6.07) is 10.2. The minimum Gasteiger partial charge on any atom is -0.508 e. The van der Waals surface area contributed by atoms with Gasteiger partial charge < -0.3 is 10.4 Å². The molecule has 4 nitrogen and oxygen atoms in total. The molecular weight excluding hydrogens is 343 g/mol. The molecule has 0 aliphatic rings. The van der Waals surface area contributed by atoms with Crippen molar-refractivity contribution in [3.05, 3.63) is 51.7 Å². The lowest BCUT2D eigenvalue weighted by atomic mass is 10.1. The second-order valence-electron chi connectivity index (χ2n) is 3.75. The Kier molecular flexibility index (Phi) is 4.14. The molecule has 2 N–H and O–H groups in total. The number of anilines is 1. The molecule has 1 aromatic heterocycles. The number of amides is 1. The van der Waals surface area contributed by atoms with Gasteiger partial charge in [0.15, 0.2) is 0 Å². The molecule has 0 bridgehead atoms. The third-order valence-electron chi connectivity index (χ3n) is 2.30. The summed E-state index contributed by atoms with van der Waals surface area (Å²) in [6.07, 6.45) is 1.95. The van der Waals surface area contributed by atoms with Crippen LogP contribution in [0.3, 0.4) is 0 Å². The Morgan fingerprint density at radius 3 is 2.56 bits per heavy atom. The SMILES string of the molecule is O=C(Cc1ccc(O)cc1)Nc1ccc(I)cn1. The summed E-state index contributed by atoms with van der Waals surface area (Å²) < 4.78 is 1.02. The minimum absolute atomic E-state index is 0.130. The summed E-state index contributed by atoms with van der Waals surface area (Å²) >= 11 is 2.15. The lowest BCUT2D eigenvalue weighted by Gasteiger charge is -2.04. The number of aromatic nitrogens is 1. The number of halogens is 1. The van der Waals surface area contributed by atoms with E-state index in [4.69, 9.17) is 5.11 Å². The summed E-state index contributed by atoms with van der Waals surface area (Å²) in [7, 11) is 0. The summed E-state index contributed by atoms with van der Waals surface area (Å²) in [5.74, 6) is 0.604. The molecule has 1 aromatic carbocycles. The second-order valence-corrected chi connectivity index (χ2v) is 5.00. The van der Waals surface area contributed by atoms with Crippen LogP contribution in [0.15, 0.2) is 42.6 Å². The van der Waals surface area contributed by atoms with E-state index >= 15 is 0 Å². The molecule has 0 atom stereocenters. The highest BCUT2D eigenvalue weighted by Gasteiger charge is 2.04. The van der Waals surface area contributed by atoms with Gasteiger partial charge in [-0.05, 0) is 52.4 Å². The number of nitrogens with zero attached hydrogens (tertiary/aromatic N) is 1. The Bertz CT molecular complexity index is 488. The lowest BCUT2D eigenvalue weighted by Crippen LogP contribution is -2.15. The number of phenolic OH excluding ortho intramolecular Hbond substituents is 1. The van der Waals surface area contributed by atoms with Crippen molar-refractivity contribution in [3.8, 4) is 5.75 Å². The maximum Gasteiger partial charge on any atom is 0.229 e. The van der Waals surface area contributed by atoms with Crippen LogP contribution >= 0.6 is 22.6 Å². The Morgan fingerprint density at radius 1 is 1.22 bits per heavy atom. The predicted octanol–water partition coefficient (Wildman–Crippen LogP) is 2.57. The molecule has 0 spiro atoms. The van der Waals surface area contributed by atoms with Crippen LogP contribution in [-0.4, -0.2) is 16.0 Å². The Balaban J connectivity index is 1.96. The number of pyridine rings is 1. The number of carbonyl (C=O) groups excluding carboxylic acids is 1. The first-order valence-corrected chi connectivity index (χ1v) is 6.41.